The average Bonchev–Trinajstić information content (AvgIpc) is 2.71. The number of hydrogen-bond acceptors (Lipinski definition) is 3. The van der Waals surface area contributed by atoms with Crippen molar-refractivity contribution >= 4 is 40.6 Å². The van der Waals surface area contributed by atoms with Crippen molar-refractivity contribution < 1.29 is 18.0 Å². The summed E-state index contributed by atoms with van der Waals surface area (Å²) in [4.78, 5) is 16.3. The molecule has 156 valence electrons. The van der Waals surface area contributed by atoms with Gasteiger partial charge in [0.05, 0.1) is 21.2 Å². The Morgan fingerprint density at radius 2 is 1.73 bits per heavy atom. The molecule has 3 rings (SSSR count). The van der Waals surface area contributed by atoms with E-state index in [4.69, 9.17) is 23.2 Å². The van der Waals surface area contributed by atoms with Crippen LogP contribution in [0.3, 0.4) is 0 Å². The molecular formula is C21H16Cl2F3N3O. The molecule has 1 amide bonds. The number of amides is 1. The van der Waals surface area contributed by atoms with Gasteiger partial charge in [0.1, 0.15) is 5.82 Å². The predicted molar refractivity (Wildman–Crippen MR) is 111 cm³/mol. The van der Waals surface area contributed by atoms with Crippen LogP contribution in [0.4, 0.5) is 24.7 Å². The Labute approximate surface area is 181 Å². The van der Waals surface area contributed by atoms with Gasteiger partial charge in [0.25, 0.3) is 5.91 Å². The second kappa shape index (κ2) is 9.36. The Hall–Kier alpha value is -2.77. The second-order valence-corrected chi connectivity index (χ2v) is 7.17. The number of carbonyl (C=O) groups is 1. The normalized spacial score (nSPS) is 11.2. The fraction of sp³-hybridized carbons (Fsp3) is 0.143. The van der Waals surface area contributed by atoms with Gasteiger partial charge in [-0.05, 0) is 36.2 Å². The van der Waals surface area contributed by atoms with E-state index in [1.54, 1.807) is 6.07 Å². The maximum atomic E-state index is 13.6. The van der Waals surface area contributed by atoms with Crippen molar-refractivity contribution in [1.82, 2.24) is 10.3 Å². The summed E-state index contributed by atoms with van der Waals surface area (Å²) in [5.41, 5.74) is -0.259. The smallest absolute Gasteiger partial charge is 0.352 e. The van der Waals surface area contributed by atoms with Crippen LogP contribution < -0.4 is 10.6 Å². The second-order valence-electron chi connectivity index (χ2n) is 6.36. The van der Waals surface area contributed by atoms with Crippen LogP contribution in [0, 0.1) is 0 Å². The standard InChI is InChI=1S/C21H16Cl2F3N3O/c22-17-7-6-14(10-18(17)23)29-19-11-16(21(24,25)26)15(12-28-19)20(30)27-9-8-13-4-2-1-3-5-13/h1-7,10-12H,8-9H2,(H,27,30)(H,28,29). The first-order valence-electron chi connectivity index (χ1n) is 8.85. The molecule has 0 aliphatic rings. The lowest BCUT2D eigenvalue weighted by Gasteiger charge is -2.15. The van der Waals surface area contributed by atoms with Gasteiger partial charge in [-0.1, -0.05) is 53.5 Å². The van der Waals surface area contributed by atoms with Crippen molar-refractivity contribution in [3.63, 3.8) is 0 Å². The van der Waals surface area contributed by atoms with Crippen molar-refractivity contribution in [2.24, 2.45) is 0 Å². The Balaban J connectivity index is 1.76. The summed E-state index contributed by atoms with van der Waals surface area (Å²) in [5, 5.41) is 5.80. The fourth-order valence-electron chi connectivity index (χ4n) is 2.72. The van der Waals surface area contributed by atoms with Crippen LogP contribution in [0.15, 0.2) is 60.8 Å². The summed E-state index contributed by atoms with van der Waals surface area (Å²) >= 11 is 11.8. The molecule has 0 radical (unpaired) electrons. The number of benzene rings is 2. The number of halogens is 5. The summed E-state index contributed by atoms with van der Waals surface area (Å²) in [6, 6.07) is 14.6. The lowest BCUT2D eigenvalue weighted by molar-refractivity contribution is -0.137. The minimum atomic E-state index is -4.73. The molecule has 0 aliphatic heterocycles. The highest BCUT2D eigenvalue weighted by atomic mass is 35.5. The van der Waals surface area contributed by atoms with Crippen LogP contribution in [0.5, 0.6) is 0 Å². The van der Waals surface area contributed by atoms with Gasteiger partial charge in [-0.15, -0.1) is 0 Å². The van der Waals surface area contributed by atoms with Crippen molar-refractivity contribution in [1.29, 1.82) is 0 Å². The summed E-state index contributed by atoms with van der Waals surface area (Å²) in [5.74, 6) is -0.923. The van der Waals surface area contributed by atoms with E-state index in [0.29, 0.717) is 17.1 Å². The van der Waals surface area contributed by atoms with E-state index in [0.717, 1.165) is 17.8 Å². The first kappa shape index (κ1) is 21.9. The molecule has 1 heterocycles. The predicted octanol–water partition coefficient (Wildman–Crippen LogP) is 6.12. The Kier molecular flexibility index (Phi) is 6.84. The van der Waals surface area contributed by atoms with Crippen LogP contribution in [0.25, 0.3) is 0 Å². The van der Waals surface area contributed by atoms with E-state index in [1.165, 1.54) is 12.1 Å². The molecule has 2 N–H and O–H groups in total. The third-order valence-electron chi connectivity index (χ3n) is 4.19. The van der Waals surface area contributed by atoms with Gasteiger partial charge in [-0.2, -0.15) is 13.2 Å². The number of carbonyl (C=O) groups excluding carboxylic acids is 1. The zero-order valence-corrected chi connectivity index (χ0v) is 16.9. The SMILES string of the molecule is O=C(NCCc1ccccc1)c1cnc(Nc2ccc(Cl)c(Cl)c2)cc1C(F)(F)F. The lowest BCUT2D eigenvalue weighted by Crippen LogP contribution is -2.28. The summed E-state index contributed by atoms with van der Waals surface area (Å²) in [6.45, 7) is 0.198. The van der Waals surface area contributed by atoms with E-state index < -0.39 is 23.2 Å². The summed E-state index contributed by atoms with van der Waals surface area (Å²) < 4.78 is 40.7. The highest BCUT2D eigenvalue weighted by Gasteiger charge is 2.36. The van der Waals surface area contributed by atoms with Gasteiger partial charge in [-0.3, -0.25) is 4.79 Å². The van der Waals surface area contributed by atoms with Crippen molar-refractivity contribution in [2.45, 2.75) is 12.6 Å². The maximum absolute atomic E-state index is 13.6. The molecule has 0 unspecified atom stereocenters. The van der Waals surface area contributed by atoms with Gasteiger partial charge in [0.2, 0.25) is 0 Å². The van der Waals surface area contributed by atoms with E-state index in [-0.39, 0.29) is 17.4 Å². The lowest BCUT2D eigenvalue weighted by atomic mass is 10.1. The van der Waals surface area contributed by atoms with Gasteiger partial charge >= 0.3 is 6.18 Å². The number of nitrogens with zero attached hydrogens (tertiary/aromatic N) is 1. The Bertz CT molecular complexity index is 1040. The molecule has 2 aromatic carbocycles. The van der Waals surface area contributed by atoms with Gasteiger partial charge in [0, 0.05) is 18.4 Å². The number of alkyl halides is 3. The number of rotatable bonds is 6. The first-order chi connectivity index (χ1) is 14.2. The van der Waals surface area contributed by atoms with Crippen LogP contribution in [-0.4, -0.2) is 17.4 Å². The van der Waals surface area contributed by atoms with Crippen molar-refractivity contribution in [3.8, 4) is 0 Å². The zero-order valence-electron chi connectivity index (χ0n) is 15.4. The van der Waals surface area contributed by atoms with Crippen molar-refractivity contribution in [3.05, 3.63) is 87.5 Å². The average molecular weight is 454 g/mol. The monoisotopic (exact) mass is 453 g/mol. The van der Waals surface area contributed by atoms with Crippen LogP contribution in [-0.2, 0) is 12.6 Å². The molecule has 0 aliphatic carbocycles. The molecule has 0 bridgehead atoms. The van der Waals surface area contributed by atoms with E-state index in [9.17, 15) is 18.0 Å². The zero-order chi connectivity index (χ0) is 21.7. The Morgan fingerprint density at radius 1 is 1.00 bits per heavy atom. The molecule has 4 nitrogen and oxygen atoms in total. The molecule has 0 saturated carbocycles. The minimum Gasteiger partial charge on any atom is -0.352 e. The highest BCUT2D eigenvalue weighted by Crippen LogP contribution is 2.34. The number of hydrogen-bond donors (Lipinski definition) is 2. The number of aromatic nitrogens is 1. The van der Waals surface area contributed by atoms with E-state index in [2.05, 4.69) is 15.6 Å². The highest BCUT2D eigenvalue weighted by molar-refractivity contribution is 6.42. The third-order valence-corrected chi connectivity index (χ3v) is 4.93. The topological polar surface area (TPSA) is 54.0 Å². The fourth-order valence-corrected chi connectivity index (χ4v) is 3.02. The number of nitrogens with one attached hydrogen (secondary N) is 2. The molecule has 30 heavy (non-hydrogen) atoms. The largest absolute Gasteiger partial charge is 0.417 e. The quantitative estimate of drug-likeness (QED) is 0.472. The number of anilines is 2. The maximum Gasteiger partial charge on any atom is 0.417 e. The molecule has 9 heteroatoms. The molecule has 0 atom stereocenters. The third kappa shape index (κ3) is 5.64. The molecule has 0 spiro atoms. The van der Waals surface area contributed by atoms with Crippen LogP contribution in [0.2, 0.25) is 10.0 Å². The molecular weight excluding hydrogens is 438 g/mol. The molecule has 1 aromatic heterocycles. The van der Waals surface area contributed by atoms with Gasteiger partial charge < -0.3 is 10.6 Å². The van der Waals surface area contributed by atoms with Gasteiger partial charge in [0.15, 0.2) is 0 Å². The van der Waals surface area contributed by atoms with Crippen LogP contribution in [0.1, 0.15) is 21.5 Å². The molecule has 0 fully saturated rings. The summed E-state index contributed by atoms with van der Waals surface area (Å²) in [7, 11) is 0. The molecule has 0 saturated heterocycles. The van der Waals surface area contributed by atoms with Crippen molar-refractivity contribution in [2.75, 3.05) is 11.9 Å². The first-order valence-corrected chi connectivity index (χ1v) is 9.61. The Morgan fingerprint density at radius 3 is 2.40 bits per heavy atom. The summed E-state index contributed by atoms with van der Waals surface area (Å²) in [6.07, 6.45) is -3.33. The van der Waals surface area contributed by atoms with E-state index >= 15 is 0 Å². The number of pyridine rings is 1. The van der Waals surface area contributed by atoms with E-state index in [1.807, 2.05) is 30.3 Å². The molecule has 3 aromatic rings. The van der Waals surface area contributed by atoms with Gasteiger partial charge in [-0.25, -0.2) is 4.98 Å². The minimum absolute atomic E-state index is 0.0819. The van der Waals surface area contributed by atoms with Crippen LogP contribution >= 0.6 is 23.2 Å².